The molecule has 27 heavy (non-hydrogen) atoms. The molecule has 0 atom stereocenters. The van der Waals surface area contributed by atoms with E-state index in [1.165, 1.54) is 27.1 Å². The molecule has 150 valence electrons. The van der Waals surface area contributed by atoms with Gasteiger partial charge in [-0.3, -0.25) is 14.4 Å². The van der Waals surface area contributed by atoms with Crippen LogP contribution in [0.3, 0.4) is 0 Å². The van der Waals surface area contributed by atoms with Crippen molar-refractivity contribution in [1.82, 2.24) is 5.32 Å². The Balaban J connectivity index is 1.67. The zero-order chi connectivity index (χ0) is 19.8. The highest BCUT2D eigenvalue weighted by molar-refractivity contribution is 6.24. The number of ether oxygens (including phenoxy) is 2. The topological polar surface area (TPSA) is 81.7 Å². The van der Waals surface area contributed by atoms with Crippen molar-refractivity contribution in [2.45, 2.75) is 64.7 Å². The third-order valence-corrected chi connectivity index (χ3v) is 5.34. The van der Waals surface area contributed by atoms with Crippen molar-refractivity contribution < 1.29 is 23.9 Å². The first-order chi connectivity index (χ1) is 13.0. The van der Waals surface area contributed by atoms with Gasteiger partial charge in [0.25, 0.3) is 0 Å². The molecule has 6 nitrogen and oxygen atoms in total. The fourth-order valence-electron chi connectivity index (χ4n) is 3.94. The Morgan fingerprint density at radius 3 is 1.85 bits per heavy atom. The molecule has 0 radical (unpaired) electrons. The number of carbonyl (C=O) groups is 3. The average molecular weight is 377 g/mol. The molecule has 2 rings (SSSR count). The molecule has 2 aliphatic carbocycles. The summed E-state index contributed by atoms with van der Waals surface area (Å²) in [5.74, 6) is 0.0980. The molecule has 0 aromatic heterocycles. The van der Waals surface area contributed by atoms with Gasteiger partial charge in [0.05, 0.1) is 14.2 Å². The maximum atomic E-state index is 12.5. The van der Waals surface area contributed by atoms with Crippen LogP contribution in [-0.4, -0.2) is 38.2 Å². The molecule has 0 aliphatic heterocycles. The number of amides is 1. The van der Waals surface area contributed by atoms with E-state index in [-0.39, 0.29) is 29.0 Å². The van der Waals surface area contributed by atoms with E-state index in [9.17, 15) is 14.4 Å². The molecule has 2 aliphatic rings. The van der Waals surface area contributed by atoms with Gasteiger partial charge in [0, 0.05) is 24.6 Å². The SMILES string of the molecule is COC1=C(OC)C(=O)C2=C(CC(CCCCCCCCNC(C)=O)C2)C1=O. The molecule has 0 aromatic carbocycles. The number of allylic oxidation sites excluding steroid dienone is 2. The van der Waals surface area contributed by atoms with Crippen molar-refractivity contribution in [3.63, 3.8) is 0 Å². The Kier molecular flexibility index (Phi) is 8.07. The predicted molar refractivity (Wildman–Crippen MR) is 102 cm³/mol. The van der Waals surface area contributed by atoms with Gasteiger partial charge < -0.3 is 14.8 Å². The fourth-order valence-corrected chi connectivity index (χ4v) is 3.94. The van der Waals surface area contributed by atoms with Crippen molar-refractivity contribution in [2.75, 3.05) is 20.8 Å². The number of ketones is 2. The summed E-state index contributed by atoms with van der Waals surface area (Å²) in [7, 11) is 2.79. The Morgan fingerprint density at radius 1 is 0.889 bits per heavy atom. The van der Waals surface area contributed by atoms with Crippen LogP contribution in [-0.2, 0) is 23.9 Å². The molecule has 0 aromatic rings. The predicted octanol–water partition coefficient (Wildman–Crippen LogP) is 3.22. The van der Waals surface area contributed by atoms with E-state index in [1.807, 2.05) is 0 Å². The Morgan fingerprint density at radius 2 is 1.37 bits per heavy atom. The van der Waals surface area contributed by atoms with Crippen LogP contribution in [0.1, 0.15) is 64.7 Å². The van der Waals surface area contributed by atoms with E-state index >= 15 is 0 Å². The lowest BCUT2D eigenvalue weighted by atomic mass is 9.94. The average Bonchev–Trinajstić information content (AvgIpc) is 3.07. The molecule has 0 saturated heterocycles. The fraction of sp³-hybridized carbons (Fsp3) is 0.667. The minimum atomic E-state index is -0.189. The highest BCUT2D eigenvalue weighted by Crippen LogP contribution is 2.41. The standard InChI is InChI=1S/C21H31NO5/c1-14(23)22-11-9-7-5-4-6-8-10-15-12-16-17(13-15)19(25)21(27-3)20(26-2)18(16)24/h15H,4-13H2,1-3H3,(H,22,23). The zero-order valence-corrected chi connectivity index (χ0v) is 16.7. The first kappa shape index (κ1) is 21.2. The second-order valence-corrected chi connectivity index (χ2v) is 7.35. The van der Waals surface area contributed by atoms with E-state index in [0.717, 1.165) is 38.6 Å². The zero-order valence-electron chi connectivity index (χ0n) is 16.7. The van der Waals surface area contributed by atoms with Crippen LogP contribution in [0.15, 0.2) is 22.7 Å². The van der Waals surface area contributed by atoms with E-state index in [1.54, 1.807) is 6.92 Å². The smallest absolute Gasteiger partial charge is 0.228 e. The number of nitrogens with one attached hydrogen (secondary N) is 1. The lowest BCUT2D eigenvalue weighted by molar-refractivity contribution is -0.121. The van der Waals surface area contributed by atoms with Crippen LogP contribution in [0.25, 0.3) is 0 Å². The monoisotopic (exact) mass is 377 g/mol. The number of carbonyl (C=O) groups excluding carboxylic acids is 3. The van der Waals surface area contributed by atoms with Gasteiger partial charge in [0.15, 0.2) is 0 Å². The van der Waals surface area contributed by atoms with Crippen LogP contribution in [0.4, 0.5) is 0 Å². The summed E-state index contributed by atoms with van der Waals surface area (Å²) in [4.78, 5) is 35.9. The van der Waals surface area contributed by atoms with Gasteiger partial charge in [0.2, 0.25) is 29.0 Å². The van der Waals surface area contributed by atoms with Gasteiger partial charge in [-0.2, -0.15) is 0 Å². The number of Topliss-reactive ketones (excluding diaryl/α,β-unsaturated/α-hetero) is 2. The molecule has 1 amide bonds. The second-order valence-electron chi connectivity index (χ2n) is 7.35. The van der Waals surface area contributed by atoms with E-state index in [4.69, 9.17) is 9.47 Å². The summed E-state index contributed by atoms with van der Waals surface area (Å²) in [5, 5.41) is 2.81. The molecule has 1 N–H and O–H groups in total. The van der Waals surface area contributed by atoms with Crippen LogP contribution < -0.4 is 5.32 Å². The largest absolute Gasteiger partial charge is 0.489 e. The lowest BCUT2D eigenvalue weighted by Crippen LogP contribution is -2.23. The number of hydrogen-bond acceptors (Lipinski definition) is 5. The van der Waals surface area contributed by atoms with Crippen molar-refractivity contribution in [1.29, 1.82) is 0 Å². The second kappa shape index (κ2) is 10.3. The van der Waals surface area contributed by atoms with Crippen molar-refractivity contribution in [2.24, 2.45) is 5.92 Å². The van der Waals surface area contributed by atoms with E-state index in [0.29, 0.717) is 29.9 Å². The molecular weight excluding hydrogens is 346 g/mol. The first-order valence-electron chi connectivity index (χ1n) is 9.87. The van der Waals surface area contributed by atoms with Gasteiger partial charge in [-0.05, 0) is 31.6 Å². The van der Waals surface area contributed by atoms with E-state index in [2.05, 4.69) is 5.32 Å². The van der Waals surface area contributed by atoms with Crippen LogP contribution in [0.2, 0.25) is 0 Å². The Labute approximate surface area is 161 Å². The van der Waals surface area contributed by atoms with Gasteiger partial charge in [-0.15, -0.1) is 0 Å². The number of rotatable bonds is 11. The molecule has 6 heteroatoms. The highest BCUT2D eigenvalue weighted by Gasteiger charge is 2.41. The summed E-state index contributed by atoms with van der Waals surface area (Å²) < 4.78 is 10.2. The highest BCUT2D eigenvalue weighted by atomic mass is 16.5. The maximum Gasteiger partial charge on any atom is 0.228 e. The molecule has 0 heterocycles. The molecular formula is C21H31NO5. The summed E-state index contributed by atoms with van der Waals surface area (Å²) in [5.41, 5.74) is 1.25. The summed E-state index contributed by atoms with van der Waals surface area (Å²) in [6.07, 6.45) is 9.16. The molecule has 0 bridgehead atoms. The van der Waals surface area contributed by atoms with Crippen LogP contribution >= 0.6 is 0 Å². The lowest BCUT2D eigenvalue weighted by Gasteiger charge is -2.17. The maximum absolute atomic E-state index is 12.5. The number of methoxy groups -OCH3 is 2. The molecule has 0 saturated carbocycles. The first-order valence-corrected chi connectivity index (χ1v) is 9.87. The Hall–Kier alpha value is -2.11. The van der Waals surface area contributed by atoms with Gasteiger partial charge in [0.1, 0.15) is 0 Å². The third-order valence-electron chi connectivity index (χ3n) is 5.34. The minimum absolute atomic E-state index is 0.0327. The summed E-state index contributed by atoms with van der Waals surface area (Å²) >= 11 is 0. The molecule has 0 fully saturated rings. The molecule has 0 spiro atoms. The Bertz CT molecular complexity index is 609. The van der Waals surface area contributed by atoms with Gasteiger partial charge >= 0.3 is 0 Å². The summed E-state index contributed by atoms with van der Waals surface area (Å²) in [6.45, 7) is 2.30. The van der Waals surface area contributed by atoms with Gasteiger partial charge in [-0.1, -0.05) is 32.1 Å². The van der Waals surface area contributed by atoms with Crippen molar-refractivity contribution in [3.05, 3.63) is 22.7 Å². The van der Waals surface area contributed by atoms with E-state index < -0.39 is 0 Å². The normalized spacial score (nSPS) is 17.4. The van der Waals surface area contributed by atoms with Gasteiger partial charge in [-0.25, -0.2) is 0 Å². The van der Waals surface area contributed by atoms with Crippen molar-refractivity contribution >= 4 is 17.5 Å². The number of hydrogen-bond donors (Lipinski definition) is 1. The molecule has 0 unspecified atom stereocenters. The third kappa shape index (κ3) is 5.44. The van der Waals surface area contributed by atoms with Crippen LogP contribution in [0, 0.1) is 5.92 Å². The minimum Gasteiger partial charge on any atom is -0.489 e. The van der Waals surface area contributed by atoms with Crippen molar-refractivity contribution in [3.8, 4) is 0 Å². The van der Waals surface area contributed by atoms with Crippen LogP contribution in [0.5, 0.6) is 0 Å². The summed E-state index contributed by atoms with van der Waals surface area (Å²) in [6, 6.07) is 0. The quantitative estimate of drug-likeness (QED) is 0.442. The number of unbranched alkanes of at least 4 members (excludes halogenated alkanes) is 5.